The molecule has 31 heavy (non-hydrogen) atoms. The van der Waals surface area contributed by atoms with Crippen molar-refractivity contribution in [3.05, 3.63) is 54.1 Å². The fourth-order valence-corrected chi connectivity index (χ4v) is 4.57. The summed E-state index contributed by atoms with van der Waals surface area (Å²) in [6, 6.07) is 3.98. The highest BCUT2D eigenvalue weighted by atomic mass is 16.3. The van der Waals surface area contributed by atoms with Crippen LogP contribution in [0.5, 0.6) is 0 Å². The van der Waals surface area contributed by atoms with Gasteiger partial charge in [0.25, 0.3) is 5.91 Å². The number of carbonyl (C=O) groups is 1. The molecule has 0 saturated carbocycles. The minimum Gasteiger partial charge on any atom is -0.375 e. The molecule has 1 saturated heterocycles. The van der Waals surface area contributed by atoms with Gasteiger partial charge in [0.2, 0.25) is 0 Å². The lowest BCUT2D eigenvalue weighted by atomic mass is 10.0. The molecule has 2 aromatic heterocycles. The Hall–Kier alpha value is -3.30. The number of nitrogens with zero attached hydrogens (tertiary/aromatic N) is 6. The lowest BCUT2D eigenvalue weighted by Crippen LogP contribution is -2.50. The lowest BCUT2D eigenvalue weighted by Gasteiger charge is -2.38. The first kappa shape index (κ1) is 19.7. The maximum atomic E-state index is 13.5. The Labute approximate surface area is 180 Å². The van der Waals surface area contributed by atoms with E-state index in [1.54, 1.807) is 6.20 Å². The second-order valence-electron chi connectivity index (χ2n) is 7.97. The number of aliphatic hydroxyl groups excluding tert-OH is 1. The van der Waals surface area contributed by atoms with E-state index in [0.717, 1.165) is 46.6 Å². The van der Waals surface area contributed by atoms with Gasteiger partial charge in [-0.2, -0.15) is 5.10 Å². The molecule has 160 valence electrons. The summed E-state index contributed by atoms with van der Waals surface area (Å²) in [5.74, 6) is 0.714. The van der Waals surface area contributed by atoms with Crippen molar-refractivity contribution in [2.75, 3.05) is 42.5 Å². The van der Waals surface area contributed by atoms with Crippen molar-refractivity contribution in [3.63, 3.8) is 0 Å². The lowest BCUT2D eigenvalue weighted by molar-refractivity contribution is 0.0379. The molecule has 9 heteroatoms. The molecule has 1 aromatic carbocycles. The molecule has 4 heterocycles. The van der Waals surface area contributed by atoms with E-state index >= 15 is 0 Å². The van der Waals surface area contributed by atoms with Crippen LogP contribution in [0.15, 0.2) is 37.3 Å². The molecular weight excluding hydrogens is 394 g/mol. The van der Waals surface area contributed by atoms with Crippen LogP contribution in [0, 0.1) is 6.92 Å². The molecule has 2 N–H and O–H groups in total. The number of rotatable bonds is 4. The fraction of sp³-hybridized carbons (Fsp3) is 0.364. The summed E-state index contributed by atoms with van der Waals surface area (Å²) < 4.78 is 0. The second kappa shape index (κ2) is 7.75. The minimum atomic E-state index is -0.634. The van der Waals surface area contributed by atoms with Crippen LogP contribution in [-0.4, -0.2) is 75.0 Å². The van der Waals surface area contributed by atoms with Crippen LogP contribution < -0.4 is 9.80 Å². The van der Waals surface area contributed by atoms with Crippen molar-refractivity contribution in [1.29, 1.82) is 0 Å². The number of benzene rings is 1. The van der Waals surface area contributed by atoms with Gasteiger partial charge in [0.05, 0.1) is 17.4 Å². The largest absolute Gasteiger partial charge is 0.375 e. The summed E-state index contributed by atoms with van der Waals surface area (Å²) in [4.78, 5) is 28.3. The third-order valence-electron chi connectivity index (χ3n) is 6.22. The van der Waals surface area contributed by atoms with Gasteiger partial charge >= 0.3 is 0 Å². The van der Waals surface area contributed by atoms with Crippen LogP contribution in [0.2, 0.25) is 0 Å². The van der Waals surface area contributed by atoms with Crippen molar-refractivity contribution in [2.45, 2.75) is 19.6 Å². The molecule has 0 spiro atoms. The number of fused-ring (bicyclic) bond motifs is 2. The van der Waals surface area contributed by atoms with Gasteiger partial charge in [-0.05, 0) is 31.1 Å². The molecule has 1 atom stereocenters. The molecule has 3 aromatic rings. The number of aromatic amines is 1. The van der Waals surface area contributed by atoms with Crippen molar-refractivity contribution in [3.8, 4) is 0 Å². The average molecular weight is 419 g/mol. The highest BCUT2D eigenvalue weighted by Crippen LogP contribution is 2.34. The number of nitrogens with one attached hydrogen (secondary N) is 1. The number of carbonyl (C=O) groups excluding carboxylic acids is 1. The van der Waals surface area contributed by atoms with Gasteiger partial charge in [0.15, 0.2) is 0 Å². The van der Waals surface area contributed by atoms with Crippen LogP contribution in [0.4, 0.5) is 11.5 Å². The molecule has 0 bridgehead atoms. The Kier molecular flexibility index (Phi) is 4.91. The number of aliphatic hydroxyl groups is 1. The van der Waals surface area contributed by atoms with Crippen molar-refractivity contribution < 1.29 is 9.90 Å². The molecule has 2 aliphatic rings. The number of hydrogen-bond donors (Lipinski definition) is 2. The second-order valence-corrected chi connectivity index (χ2v) is 7.97. The number of H-pyrrole nitrogens is 1. The van der Waals surface area contributed by atoms with Gasteiger partial charge in [0.1, 0.15) is 24.1 Å². The predicted molar refractivity (Wildman–Crippen MR) is 118 cm³/mol. The highest BCUT2D eigenvalue weighted by Gasteiger charge is 2.33. The number of hydrogen-bond acceptors (Lipinski definition) is 7. The van der Waals surface area contributed by atoms with Crippen LogP contribution in [0.1, 0.15) is 21.6 Å². The maximum absolute atomic E-state index is 13.5. The number of piperazine rings is 1. The molecule has 2 aliphatic heterocycles. The number of aryl methyl sites for hydroxylation is 1. The Morgan fingerprint density at radius 2 is 2.00 bits per heavy atom. The van der Waals surface area contributed by atoms with Gasteiger partial charge in [-0.15, -0.1) is 0 Å². The normalized spacial score (nSPS) is 18.3. The summed E-state index contributed by atoms with van der Waals surface area (Å²) in [7, 11) is 0. The molecule has 5 rings (SSSR count). The molecule has 9 nitrogen and oxygen atoms in total. The Balaban J connectivity index is 1.45. The third-order valence-corrected chi connectivity index (χ3v) is 6.22. The maximum Gasteiger partial charge on any atom is 0.277 e. The zero-order chi connectivity index (χ0) is 21.5. The van der Waals surface area contributed by atoms with Gasteiger partial charge in [-0.3, -0.25) is 14.8 Å². The minimum absolute atomic E-state index is 0.109. The van der Waals surface area contributed by atoms with E-state index in [-0.39, 0.29) is 5.91 Å². The Bertz CT molecular complexity index is 1150. The first-order valence-corrected chi connectivity index (χ1v) is 10.5. The SMILES string of the molecule is C=CC(O)N1CCN(c2ncnc3c2CCN(c2c(C)ccc4[nH]ncc24)C3=O)CC1. The van der Waals surface area contributed by atoms with Crippen molar-refractivity contribution in [1.82, 2.24) is 25.1 Å². The standard InChI is InChI=1S/C22H25N7O2/c1-3-18(30)27-8-10-28(11-9-27)21-15-6-7-29(22(31)19(15)23-13-24-21)20-14(2)4-5-17-16(20)12-25-26-17/h3-5,12-13,18,30H,1,6-11H2,2H3,(H,25,26). The summed E-state index contributed by atoms with van der Waals surface area (Å²) in [6.07, 6.45) is 4.83. The summed E-state index contributed by atoms with van der Waals surface area (Å²) in [5, 5.41) is 18.0. The zero-order valence-corrected chi connectivity index (χ0v) is 17.5. The first-order chi connectivity index (χ1) is 15.1. The number of anilines is 2. The number of aromatic nitrogens is 4. The summed E-state index contributed by atoms with van der Waals surface area (Å²) in [5.41, 5.74) is 4.18. The van der Waals surface area contributed by atoms with E-state index in [1.165, 1.54) is 12.4 Å². The first-order valence-electron chi connectivity index (χ1n) is 10.5. The average Bonchev–Trinajstić information content (AvgIpc) is 3.28. The van der Waals surface area contributed by atoms with Gasteiger partial charge in [-0.1, -0.05) is 12.6 Å². The zero-order valence-electron chi connectivity index (χ0n) is 17.5. The quantitative estimate of drug-likeness (QED) is 0.618. The van der Waals surface area contributed by atoms with E-state index < -0.39 is 6.23 Å². The van der Waals surface area contributed by atoms with Crippen LogP contribution >= 0.6 is 0 Å². The molecule has 0 aliphatic carbocycles. The topological polar surface area (TPSA) is 101 Å². The Morgan fingerprint density at radius 1 is 1.19 bits per heavy atom. The third kappa shape index (κ3) is 3.26. The van der Waals surface area contributed by atoms with Crippen LogP contribution in [-0.2, 0) is 6.42 Å². The summed E-state index contributed by atoms with van der Waals surface area (Å²) in [6.45, 7) is 9.08. The van der Waals surface area contributed by atoms with Gasteiger partial charge in [-0.25, -0.2) is 9.97 Å². The van der Waals surface area contributed by atoms with E-state index in [9.17, 15) is 9.90 Å². The summed E-state index contributed by atoms with van der Waals surface area (Å²) >= 11 is 0. The van der Waals surface area contributed by atoms with Crippen LogP contribution in [0.3, 0.4) is 0 Å². The highest BCUT2D eigenvalue weighted by molar-refractivity contribution is 6.12. The smallest absolute Gasteiger partial charge is 0.277 e. The molecular formula is C22H25N7O2. The van der Waals surface area contributed by atoms with E-state index in [2.05, 4.69) is 31.6 Å². The van der Waals surface area contributed by atoms with E-state index in [0.29, 0.717) is 31.7 Å². The predicted octanol–water partition coefficient (Wildman–Crippen LogP) is 1.49. The molecule has 1 fully saturated rings. The van der Waals surface area contributed by atoms with E-state index in [4.69, 9.17) is 0 Å². The van der Waals surface area contributed by atoms with Crippen LogP contribution in [0.25, 0.3) is 10.9 Å². The Morgan fingerprint density at radius 3 is 2.77 bits per heavy atom. The molecule has 1 unspecified atom stereocenters. The van der Waals surface area contributed by atoms with E-state index in [1.807, 2.05) is 28.9 Å². The van der Waals surface area contributed by atoms with Crippen molar-refractivity contribution in [2.24, 2.45) is 0 Å². The van der Waals surface area contributed by atoms with Crippen molar-refractivity contribution >= 4 is 28.3 Å². The van der Waals surface area contributed by atoms with Gasteiger partial charge < -0.3 is 14.9 Å². The monoisotopic (exact) mass is 419 g/mol. The fourth-order valence-electron chi connectivity index (χ4n) is 4.57. The number of amides is 1. The molecule has 1 amide bonds. The molecule has 0 radical (unpaired) electrons. The van der Waals surface area contributed by atoms with Gasteiger partial charge in [0, 0.05) is 43.7 Å².